The van der Waals surface area contributed by atoms with Gasteiger partial charge in [-0.2, -0.15) is 0 Å². The molecule has 8 heteroatoms. The highest BCUT2D eigenvalue weighted by molar-refractivity contribution is 7.19. The molecule has 7 nitrogen and oxygen atoms in total. The Kier molecular flexibility index (Phi) is 7.11. The predicted molar refractivity (Wildman–Crippen MR) is 116 cm³/mol. The Bertz CT molecular complexity index is 954. The molecule has 4 heterocycles. The number of nitrogens with zero attached hydrogens (tertiary/aromatic N) is 4. The number of likely N-dealkylation sites (tertiary alicyclic amines) is 1. The van der Waals surface area contributed by atoms with E-state index in [1.54, 1.807) is 31.8 Å². The van der Waals surface area contributed by atoms with E-state index >= 15 is 0 Å². The van der Waals surface area contributed by atoms with Gasteiger partial charge in [-0.25, -0.2) is 9.97 Å². The minimum atomic E-state index is -0.0527. The summed E-state index contributed by atoms with van der Waals surface area (Å²) in [5.41, 5.74) is 2.23. The lowest BCUT2D eigenvalue weighted by molar-refractivity contribution is 0.0789. The van der Waals surface area contributed by atoms with Gasteiger partial charge in [0.2, 0.25) is 5.95 Å². The number of hydrogen-bond acceptors (Lipinski definition) is 7. The van der Waals surface area contributed by atoms with Crippen LogP contribution < -0.4 is 5.32 Å². The lowest BCUT2D eigenvalue weighted by Crippen LogP contribution is -2.29. The topological polar surface area (TPSA) is 80.2 Å². The fourth-order valence-corrected chi connectivity index (χ4v) is 4.16. The van der Waals surface area contributed by atoms with Crippen LogP contribution in [0.1, 0.15) is 46.9 Å². The van der Waals surface area contributed by atoms with Crippen LogP contribution in [0.25, 0.3) is 10.2 Å². The Hall–Kier alpha value is -2.58. The quantitative estimate of drug-likeness (QED) is 0.695. The zero-order valence-corrected chi connectivity index (χ0v) is 18.1. The van der Waals surface area contributed by atoms with Crippen LogP contribution in [0.3, 0.4) is 0 Å². The molecule has 0 radical (unpaired) electrons. The normalized spacial score (nSPS) is 14.4. The lowest BCUT2D eigenvalue weighted by atomic mass is 10.2. The average Bonchev–Trinajstić information content (AvgIpc) is 3.37. The monoisotopic (exact) mass is 413 g/mol. The second-order valence-electron chi connectivity index (χ2n) is 7.00. The third-order valence-electron chi connectivity index (χ3n) is 4.57. The molecule has 0 aliphatic carbocycles. The summed E-state index contributed by atoms with van der Waals surface area (Å²) in [6.07, 6.45) is 3.89. The molecular weight excluding hydrogens is 386 g/mol. The van der Waals surface area contributed by atoms with Gasteiger partial charge in [-0.05, 0) is 44.9 Å². The molecule has 29 heavy (non-hydrogen) atoms. The zero-order chi connectivity index (χ0) is 20.8. The number of carbonyl (C=O) groups excluding carboxylic acids is 1. The van der Waals surface area contributed by atoms with Crippen molar-refractivity contribution < 1.29 is 9.53 Å². The van der Waals surface area contributed by atoms with Crippen LogP contribution in [0, 0.1) is 6.92 Å². The molecular formula is C21H27N5O2S. The van der Waals surface area contributed by atoms with Gasteiger partial charge in [-0.15, -0.1) is 11.3 Å². The van der Waals surface area contributed by atoms with Crippen molar-refractivity contribution in [2.45, 2.75) is 32.7 Å². The minimum absolute atomic E-state index is 0.00490. The summed E-state index contributed by atoms with van der Waals surface area (Å²) in [6, 6.07) is 7.76. The molecule has 1 fully saturated rings. The maximum atomic E-state index is 13.0. The molecule has 0 bridgehead atoms. The predicted octanol–water partition coefficient (Wildman–Crippen LogP) is 4.07. The first kappa shape index (κ1) is 21.1. The number of anilines is 1. The van der Waals surface area contributed by atoms with Crippen LogP contribution in [0.2, 0.25) is 0 Å². The summed E-state index contributed by atoms with van der Waals surface area (Å²) in [5, 5.41) is 3.29. The SMILES string of the molecule is COC.Cc1cc2nc(N[C@@H](C)c3ccccn3)nc(C(=O)N3CCCC3)c2s1. The fraction of sp³-hybridized carbons (Fsp3) is 0.429. The van der Waals surface area contributed by atoms with E-state index < -0.39 is 0 Å². The van der Waals surface area contributed by atoms with E-state index in [0.717, 1.165) is 46.7 Å². The maximum Gasteiger partial charge on any atom is 0.274 e. The molecule has 0 spiro atoms. The van der Waals surface area contributed by atoms with Gasteiger partial charge in [-0.1, -0.05) is 6.07 Å². The lowest BCUT2D eigenvalue weighted by Gasteiger charge is -2.17. The molecule has 1 atom stereocenters. The fourth-order valence-electron chi connectivity index (χ4n) is 3.23. The third kappa shape index (κ3) is 5.07. The van der Waals surface area contributed by atoms with E-state index in [2.05, 4.69) is 25.0 Å². The van der Waals surface area contributed by atoms with Crippen molar-refractivity contribution in [1.29, 1.82) is 0 Å². The van der Waals surface area contributed by atoms with Crippen molar-refractivity contribution in [3.63, 3.8) is 0 Å². The molecule has 4 rings (SSSR count). The van der Waals surface area contributed by atoms with Crippen LogP contribution in [0.15, 0.2) is 30.5 Å². The molecule has 1 N–H and O–H groups in total. The number of hydrogen-bond donors (Lipinski definition) is 1. The van der Waals surface area contributed by atoms with Gasteiger partial charge in [0, 0.05) is 38.4 Å². The summed E-state index contributed by atoms with van der Waals surface area (Å²) >= 11 is 1.58. The van der Waals surface area contributed by atoms with Crippen LogP contribution in [0.5, 0.6) is 0 Å². The Balaban J connectivity index is 0.000000755. The highest BCUT2D eigenvalue weighted by atomic mass is 32.1. The van der Waals surface area contributed by atoms with Gasteiger partial charge in [0.05, 0.1) is 22.0 Å². The van der Waals surface area contributed by atoms with Crippen LogP contribution in [-0.2, 0) is 4.74 Å². The van der Waals surface area contributed by atoms with Crippen molar-refractivity contribution in [3.05, 3.63) is 46.7 Å². The molecule has 3 aromatic rings. The number of nitrogens with one attached hydrogen (secondary N) is 1. The average molecular weight is 414 g/mol. The Morgan fingerprint density at radius 2 is 1.97 bits per heavy atom. The number of carbonyl (C=O) groups is 1. The minimum Gasteiger partial charge on any atom is -0.388 e. The van der Waals surface area contributed by atoms with Crippen molar-refractivity contribution in [1.82, 2.24) is 19.9 Å². The molecule has 0 unspecified atom stereocenters. The van der Waals surface area contributed by atoms with E-state index in [9.17, 15) is 4.79 Å². The van der Waals surface area contributed by atoms with E-state index in [-0.39, 0.29) is 11.9 Å². The van der Waals surface area contributed by atoms with Gasteiger partial charge >= 0.3 is 0 Å². The Labute approximate surface area is 175 Å². The number of rotatable bonds is 4. The molecule has 1 saturated heterocycles. The molecule has 0 aromatic carbocycles. The number of methoxy groups -OCH3 is 1. The zero-order valence-electron chi connectivity index (χ0n) is 17.3. The molecule has 3 aromatic heterocycles. The van der Waals surface area contributed by atoms with Gasteiger partial charge in [0.1, 0.15) is 0 Å². The molecule has 1 aliphatic heterocycles. The van der Waals surface area contributed by atoms with Crippen LogP contribution in [-0.4, -0.2) is 53.1 Å². The van der Waals surface area contributed by atoms with E-state index in [1.807, 2.05) is 43.0 Å². The summed E-state index contributed by atoms with van der Waals surface area (Å²) in [5.74, 6) is 0.473. The first-order valence-corrected chi connectivity index (χ1v) is 10.5. The van der Waals surface area contributed by atoms with E-state index in [0.29, 0.717) is 11.6 Å². The number of aryl methyl sites for hydroxylation is 1. The largest absolute Gasteiger partial charge is 0.388 e. The van der Waals surface area contributed by atoms with Crippen LogP contribution in [0.4, 0.5) is 5.95 Å². The number of aromatic nitrogens is 3. The van der Waals surface area contributed by atoms with Gasteiger partial charge in [0.25, 0.3) is 5.91 Å². The number of pyridine rings is 1. The highest BCUT2D eigenvalue weighted by Gasteiger charge is 2.25. The number of amides is 1. The molecule has 0 saturated carbocycles. The van der Waals surface area contributed by atoms with E-state index in [4.69, 9.17) is 0 Å². The smallest absolute Gasteiger partial charge is 0.274 e. The Morgan fingerprint density at radius 1 is 1.24 bits per heavy atom. The molecule has 1 amide bonds. The number of ether oxygens (including phenoxy) is 1. The number of fused-ring (bicyclic) bond motifs is 1. The van der Waals surface area contributed by atoms with Crippen molar-refractivity contribution in [2.24, 2.45) is 0 Å². The van der Waals surface area contributed by atoms with Crippen molar-refractivity contribution in [2.75, 3.05) is 32.6 Å². The first-order chi connectivity index (χ1) is 14.0. The highest BCUT2D eigenvalue weighted by Crippen LogP contribution is 2.29. The molecule has 1 aliphatic rings. The molecule has 154 valence electrons. The third-order valence-corrected chi connectivity index (χ3v) is 5.61. The Morgan fingerprint density at radius 3 is 2.62 bits per heavy atom. The van der Waals surface area contributed by atoms with Gasteiger partial charge in [0.15, 0.2) is 5.69 Å². The summed E-state index contributed by atoms with van der Waals surface area (Å²) < 4.78 is 5.12. The second kappa shape index (κ2) is 9.76. The second-order valence-corrected chi connectivity index (χ2v) is 8.25. The summed E-state index contributed by atoms with van der Waals surface area (Å²) in [6.45, 7) is 5.65. The first-order valence-electron chi connectivity index (χ1n) is 9.68. The van der Waals surface area contributed by atoms with E-state index in [1.165, 1.54) is 0 Å². The number of thiophene rings is 1. The van der Waals surface area contributed by atoms with Gasteiger partial charge < -0.3 is 15.0 Å². The summed E-state index contributed by atoms with van der Waals surface area (Å²) in [4.78, 5) is 29.6. The van der Waals surface area contributed by atoms with Crippen molar-refractivity contribution in [3.8, 4) is 0 Å². The van der Waals surface area contributed by atoms with Gasteiger partial charge in [-0.3, -0.25) is 9.78 Å². The van der Waals surface area contributed by atoms with Crippen LogP contribution >= 0.6 is 11.3 Å². The summed E-state index contributed by atoms with van der Waals surface area (Å²) in [7, 11) is 3.25. The van der Waals surface area contributed by atoms with Crippen molar-refractivity contribution >= 4 is 33.4 Å². The standard InChI is InChI=1S/C19H21N5OS.C2H6O/c1-12-11-15-17(26-12)16(18(25)24-9-5-6-10-24)23-19(22-15)21-13(2)14-7-3-4-8-20-14;1-3-2/h3-4,7-8,11,13H,5-6,9-10H2,1-2H3,(H,21,22,23);1-2H3/t13-;/m0./s1. The maximum absolute atomic E-state index is 13.0.